The fourth-order valence-corrected chi connectivity index (χ4v) is 5.37. The SMILES string of the molecule is Cc1cc(N2C(=S)N[C@@H](c3ccccn3)[C@@H]2c2cc(C)n(-c3cc(Cl)ccc3O)c2C)ccc1F. The van der Waals surface area contributed by atoms with Crippen molar-refractivity contribution in [3.63, 3.8) is 0 Å². The van der Waals surface area contributed by atoms with Crippen molar-refractivity contribution in [3.05, 3.63) is 106 Å². The van der Waals surface area contributed by atoms with E-state index >= 15 is 0 Å². The van der Waals surface area contributed by atoms with Crippen LogP contribution in [0.3, 0.4) is 0 Å². The van der Waals surface area contributed by atoms with E-state index in [2.05, 4.69) is 16.4 Å². The first kappa shape index (κ1) is 23.3. The van der Waals surface area contributed by atoms with Gasteiger partial charge in [0.05, 0.1) is 23.5 Å². The van der Waals surface area contributed by atoms with Crippen LogP contribution in [0.2, 0.25) is 5.02 Å². The van der Waals surface area contributed by atoms with E-state index in [1.807, 2.05) is 41.5 Å². The number of nitrogens with one attached hydrogen (secondary N) is 1. The van der Waals surface area contributed by atoms with Gasteiger partial charge in [-0.3, -0.25) is 4.98 Å². The van der Waals surface area contributed by atoms with Gasteiger partial charge in [-0.1, -0.05) is 17.7 Å². The maximum Gasteiger partial charge on any atom is 0.174 e. The number of aromatic nitrogens is 2. The predicted molar refractivity (Wildman–Crippen MR) is 141 cm³/mol. The number of rotatable bonds is 4. The van der Waals surface area contributed by atoms with Crippen LogP contribution < -0.4 is 10.2 Å². The first-order valence-corrected chi connectivity index (χ1v) is 12.0. The van der Waals surface area contributed by atoms with Crippen molar-refractivity contribution in [2.45, 2.75) is 32.9 Å². The number of pyridine rings is 1. The summed E-state index contributed by atoms with van der Waals surface area (Å²) in [7, 11) is 0. The Labute approximate surface area is 213 Å². The van der Waals surface area contributed by atoms with Gasteiger partial charge in [0.15, 0.2) is 5.11 Å². The maximum absolute atomic E-state index is 14.1. The Hall–Kier alpha value is -3.42. The molecule has 5 nitrogen and oxygen atoms in total. The van der Waals surface area contributed by atoms with Gasteiger partial charge in [0.25, 0.3) is 0 Å². The van der Waals surface area contributed by atoms with E-state index in [4.69, 9.17) is 23.8 Å². The van der Waals surface area contributed by atoms with Crippen molar-refractivity contribution in [3.8, 4) is 11.4 Å². The Morgan fingerprint density at radius 1 is 1.06 bits per heavy atom. The number of phenols is 1. The number of halogens is 2. The smallest absolute Gasteiger partial charge is 0.174 e. The molecule has 178 valence electrons. The zero-order valence-electron chi connectivity index (χ0n) is 19.5. The highest BCUT2D eigenvalue weighted by atomic mass is 35.5. The van der Waals surface area contributed by atoms with Crippen LogP contribution in [-0.2, 0) is 0 Å². The fraction of sp³-hybridized carbons (Fsp3) is 0.185. The molecule has 1 aliphatic rings. The summed E-state index contributed by atoms with van der Waals surface area (Å²) in [4.78, 5) is 6.62. The molecule has 2 aromatic heterocycles. The van der Waals surface area contributed by atoms with E-state index in [1.165, 1.54) is 6.07 Å². The van der Waals surface area contributed by atoms with E-state index in [9.17, 15) is 9.50 Å². The van der Waals surface area contributed by atoms with Crippen molar-refractivity contribution in [2.24, 2.45) is 0 Å². The summed E-state index contributed by atoms with van der Waals surface area (Å²) in [5, 5.41) is 15.1. The van der Waals surface area contributed by atoms with E-state index in [0.29, 0.717) is 21.4 Å². The summed E-state index contributed by atoms with van der Waals surface area (Å²) < 4.78 is 16.1. The lowest BCUT2D eigenvalue weighted by Crippen LogP contribution is -2.29. The zero-order chi connectivity index (χ0) is 24.9. The van der Waals surface area contributed by atoms with Gasteiger partial charge in [0.2, 0.25) is 0 Å². The van der Waals surface area contributed by atoms with Crippen molar-refractivity contribution in [1.29, 1.82) is 0 Å². The van der Waals surface area contributed by atoms with Crippen LogP contribution in [0, 0.1) is 26.6 Å². The standard InChI is InChI=1S/C27H24ClFN4OS/c1-15-12-19(8-9-21(15)29)33-26(25(31-27(33)35)22-6-4-5-11-30-22)20-13-16(2)32(17(20)3)23-14-18(28)7-10-24(23)34/h4-14,25-26,34H,1-3H3,(H,31,35)/t25-,26-/m0/s1. The molecule has 3 heterocycles. The topological polar surface area (TPSA) is 53.3 Å². The molecular weight excluding hydrogens is 483 g/mol. The molecular formula is C27H24ClFN4OS. The number of nitrogens with zero attached hydrogens (tertiary/aromatic N) is 3. The molecule has 35 heavy (non-hydrogen) atoms. The molecule has 2 atom stereocenters. The van der Waals surface area contributed by atoms with Gasteiger partial charge in [-0.2, -0.15) is 0 Å². The molecule has 0 saturated carbocycles. The summed E-state index contributed by atoms with van der Waals surface area (Å²) >= 11 is 12.1. The second-order valence-electron chi connectivity index (χ2n) is 8.73. The minimum atomic E-state index is -0.265. The Morgan fingerprint density at radius 2 is 1.86 bits per heavy atom. The molecule has 0 radical (unpaired) electrons. The monoisotopic (exact) mass is 506 g/mol. The summed E-state index contributed by atoms with van der Waals surface area (Å²) in [5.41, 5.74) is 5.65. The van der Waals surface area contributed by atoms with E-state index in [1.54, 1.807) is 43.5 Å². The molecule has 4 aromatic rings. The molecule has 2 N–H and O–H groups in total. The summed E-state index contributed by atoms with van der Waals surface area (Å²) in [6.07, 6.45) is 1.76. The van der Waals surface area contributed by atoms with E-state index < -0.39 is 0 Å². The quantitative estimate of drug-likeness (QED) is 0.310. The number of anilines is 1. The third kappa shape index (κ3) is 4.05. The molecule has 1 fully saturated rings. The second kappa shape index (κ2) is 8.98. The normalized spacial score (nSPS) is 17.6. The third-order valence-corrected chi connectivity index (χ3v) is 7.03. The minimum absolute atomic E-state index is 0.134. The molecule has 0 aliphatic carbocycles. The van der Waals surface area contributed by atoms with Crippen LogP contribution >= 0.6 is 23.8 Å². The van der Waals surface area contributed by atoms with Gasteiger partial charge in [-0.15, -0.1) is 0 Å². The van der Waals surface area contributed by atoms with Crippen LogP contribution in [-0.4, -0.2) is 19.8 Å². The molecule has 0 spiro atoms. The number of benzene rings is 2. The molecule has 0 unspecified atom stereocenters. The van der Waals surface area contributed by atoms with Crippen LogP contribution in [0.25, 0.3) is 5.69 Å². The van der Waals surface area contributed by atoms with Crippen LogP contribution in [0.5, 0.6) is 5.75 Å². The summed E-state index contributed by atoms with van der Waals surface area (Å²) in [5.74, 6) is -0.130. The molecule has 0 bridgehead atoms. The van der Waals surface area contributed by atoms with Crippen molar-refractivity contribution < 1.29 is 9.50 Å². The molecule has 1 saturated heterocycles. The predicted octanol–water partition coefficient (Wildman–Crippen LogP) is 6.47. The van der Waals surface area contributed by atoms with Crippen LogP contribution in [0.15, 0.2) is 66.9 Å². The molecule has 0 amide bonds. The minimum Gasteiger partial charge on any atom is -0.506 e. The van der Waals surface area contributed by atoms with E-state index in [0.717, 1.165) is 28.3 Å². The first-order chi connectivity index (χ1) is 16.8. The van der Waals surface area contributed by atoms with Gasteiger partial charge in [-0.25, -0.2) is 4.39 Å². The number of hydrogen-bond donors (Lipinski definition) is 2. The van der Waals surface area contributed by atoms with E-state index in [-0.39, 0.29) is 23.7 Å². The summed E-state index contributed by atoms with van der Waals surface area (Å²) in [6.45, 7) is 5.73. The maximum atomic E-state index is 14.1. The third-order valence-electron chi connectivity index (χ3n) is 6.49. The Bertz CT molecular complexity index is 1440. The highest BCUT2D eigenvalue weighted by Gasteiger charge is 2.42. The Morgan fingerprint density at radius 3 is 2.57 bits per heavy atom. The Balaban J connectivity index is 1.71. The van der Waals surface area contributed by atoms with Gasteiger partial charge in [0.1, 0.15) is 11.6 Å². The largest absolute Gasteiger partial charge is 0.506 e. The molecule has 2 aromatic carbocycles. The second-order valence-corrected chi connectivity index (χ2v) is 9.55. The fourth-order valence-electron chi connectivity index (χ4n) is 4.86. The lowest BCUT2D eigenvalue weighted by Gasteiger charge is -2.28. The van der Waals surface area contributed by atoms with Crippen molar-refractivity contribution in [2.75, 3.05) is 4.90 Å². The van der Waals surface area contributed by atoms with Crippen molar-refractivity contribution in [1.82, 2.24) is 14.9 Å². The highest BCUT2D eigenvalue weighted by molar-refractivity contribution is 7.80. The Kier molecular flexibility index (Phi) is 5.99. The van der Waals surface area contributed by atoms with Gasteiger partial charge >= 0.3 is 0 Å². The van der Waals surface area contributed by atoms with Crippen molar-refractivity contribution >= 4 is 34.6 Å². The lowest BCUT2D eigenvalue weighted by molar-refractivity contribution is 0.471. The lowest BCUT2D eigenvalue weighted by atomic mass is 9.96. The molecule has 1 aliphatic heterocycles. The first-order valence-electron chi connectivity index (χ1n) is 11.2. The average Bonchev–Trinajstić information content (AvgIpc) is 3.33. The highest BCUT2D eigenvalue weighted by Crippen LogP contribution is 2.44. The zero-order valence-corrected chi connectivity index (χ0v) is 21.0. The number of hydrogen-bond acceptors (Lipinski definition) is 3. The van der Waals surface area contributed by atoms with Crippen LogP contribution in [0.1, 0.15) is 40.3 Å². The van der Waals surface area contributed by atoms with Crippen LogP contribution in [0.4, 0.5) is 10.1 Å². The molecule has 8 heteroatoms. The number of aryl methyl sites for hydroxylation is 2. The van der Waals surface area contributed by atoms with Gasteiger partial charge < -0.3 is 19.9 Å². The number of aromatic hydroxyl groups is 1. The molecule has 5 rings (SSSR count). The summed E-state index contributed by atoms with van der Waals surface area (Å²) in [6, 6.07) is 17.4. The van der Waals surface area contributed by atoms with Gasteiger partial charge in [-0.05, 0) is 98.7 Å². The number of thiocarbonyl (C=S) groups is 1. The average molecular weight is 507 g/mol. The van der Waals surface area contributed by atoms with Gasteiger partial charge in [0, 0.05) is 28.3 Å². The number of phenolic OH excluding ortho intramolecular Hbond substituents is 1.